The SMILES string of the molecule is COc1cc(/C=C2/SC(=S)N(c3ccc(Cl)cc3Cl)C2=O)ccc1OCc1ccccc1C#N. The van der Waals surface area contributed by atoms with Gasteiger partial charge in [-0.15, -0.1) is 0 Å². The number of rotatable bonds is 6. The topological polar surface area (TPSA) is 62.6 Å². The summed E-state index contributed by atoms with van der Waals surface area (Å²) in [6.45, 7) is 0.222. The number of nitrogens with zero attached hydrogens (tertiary/aromatic N) is 2. The Hall–Kier alpha value is -3.02. The zero-order valence-electron chi connectivity index (χ0n) is 17.7. The quantitative estimate of drug-likeness (QED) is 0.258. The first-order valence-corrected chi connectivity index (χ1v) is 11.9. The molecule has 4 rings (SSSR count). The number of thiocarbonyl (C=S) groups is 1. The van der Waals surface area contributed by atoms with Crippen LogP contribution < -0.4 is 14.4 Å². The highest BCUT2D eigenvalue weighted by Gasteiger charge is 2.34. The van der Waals surface area contributed by atoms with E-state index >= 15 is 0 Å². The number of carbonyl (C=O) groups is 1. The molecule has 9 heteroatoms. The molecule has 0 bridgehead atoms. The maximum absolute atomic E-state index is 13.1. The van der Waals surface area contributed by atoms with E-state index in [1.807, 2.05) is 18.2 Å². The predicted octanol–water partition coefficient (Wildman–Crippen LogP) is 6.86. The second-order valence-corrected chi connectivity index (χ2v) is 9.60. The van der Waals surface area contributed by atoms with Crippen LogP contribution in [0.2, 0.25) is 10.0 Å². The zero-order chi connectivity index (χ0) is 24.2. The number of carbonyl (C=O) groups excluding carboxylic acids is 1. The lowest BCUT2D eigenvalue weighted by molar-refractivity contribution is -0.113. The van der Waals surface area contributed by atoms with Crippen molar-refractivity contribution in [2.24, 2.45) is 0 Å². The molecule has 0 spiro atoms. The molecule has 0 saturated carbocycles. The maximum Gasteiger partial charge on any atom is 0.270 e. The molecule has 0 radical (unpaired) electrons. The van der Waals surface area contributed by atoms with Crippen molar-refractivity contribution in [2.45, 2.75) is 6.61 Å². The lowest BCUT2D eigenvalue weighted by atomic mass is 10.1. The number of methoxy groups -OCH3 is 1. The van der Waals surface area contributed by atoms with E-state index in [1.54, 1.807) is 48.5 Å². The first kappa shape index (κ1) is 24.1. The van der Waals surface area contributed by atoms with Crippen LogP contribution in [0, 0.1) is 11.3 Å². The lowest BCUT2D eigenvalue weighted by Crippen LogP contribution is -2.27. The van der Waals surface area contributed by atoms with E-state index in [2.05, 4.69) is 6.07 Å². The summed E-state index contributed by atoms with van der Waals surface area (Å²) in [5.41, 5.74) is 2.56. The fourth-order valence-corrected chi connectivity index (χ4v) is 5.07. The Morgan fingerprint density at radius 2 is 1.91 bits per heavy atom. The number of anilines is 1. The van der Waals surface area contributed by atoms with Crippen molar-refractivity contribution >= 4 is 69.2 Å². The average Bonchev–Trinajstić information content (AvgIpc) is 3.11. The molecule has 1 aliphatic rings. The van der Waals surface area contributed by atoms with Crippen LogP contribution in [0.25, 0.3) is 6.08 Å². The summed E-state index contributed by atoms with van der Waals surface area (Å²) in [4.78, 5) is 14.9. The second kappa shape index (κ2) is 10.5. The molecule has 0 N–H and O–H groups in total. The molecule has 170 valence electrons. The third kappa shape index (κ3) is 5.06. The molecule has 34 heavy (non-hydrogen) atoms. The summed E-state index contributed by atoms with van der Waals surface area (Å²) in [6, 6.07) is 19.6. The normalized spacial score (nSPS) is 14.4. The Morgan fingerprint density at radius 1 is 1.12 bits per heavy atom. The number of thioether (sulfide) groups is 1. The molecule has 1 fully saturated rings. The molecule has 1 aliphatic heterocycles. The summed E-state index contributed by atoms with van der Waals surface area (Å²) in [5.74, 6) is 0.749. The van der Waals surface area contributed by atoms with Gasteiger partial charge in [0.15, 0.2) is 15.8 Å². The number of hydrogen-bond donors (Lipinski definition) is 0. The predicted molar refractivity (Wildman–Crippen MR) is 141 cm³/mol. The van der Waals surface area contributed by atoms with Gasteiger partial charge in [-0.2, -0.15) is 5.26 Å². The van der Waals surface area contributed by atoms with Crippen molar-refractivity contribution in [1.29, 1.82) is 5.26 Å². The Balaban J connectivity index is 1.56. The molecule has 5 nitrogen and oxygen atoms in total. The number of amides is 1. The van der Waals surface area contributed by atoms with Gasteiger partial charge in [0.25, 0.3) is 5.91 Å². The standard InChI is InChI=1S/C25H16Cl2N2O3S2/c1-31-22-10-15(6-9-21(22)32-14-17-5-3-2-4-16(17)13-28)11-23-24(30)29(25(33)34-23)20-8-7-18(26)12-19(20)27/h2-12H,14H2,1H3/b23-11+. The zero-order valence-corrected chi connectivity index (χ0v) is 20.9. The summed E-state index contributed by atoms with van der Waals surface area (Å²) < 4.78 is 11.8. The number of halogens is 2. The van der Waals surface area contributed by atoms with Gasteiger partial charge in [0, 0.05) is 10.6 Å². The number of benzene rings is 3. The van der Waals surface area contributed by atoms with Crippen molar-refractivity contribution in [1.82, 2.24) is 0 Å². The van der Waals surface area contributed by atoms with Crippen molar-refractivity contribution in [3.05, 3.63) is 92.3 Å². The summed E-state index contributed by atoms with van der Waals surface area (Å²) in [7, 11) is 1.54. The fraction of sp³-hybridized carbons (Fsp3) is 0.0800. The van der Waals surface area contributed by atoms with E-state index in [1.165, 1.54) is 23.8 Å². The van der Waals surface area contributed by atoms with Gasteiger partial charge in [-0.05, 0) is 48.0 Å². The average molecular weight is 527 g/mol. The number of nitriles is 1. The van der Waals surface area contributed by atoms with E-state index in [9.17, 15) is 10.1 Å². The lowest BCUT2D eigenvalue weighted by Gasteiger charge is -2.16. The van der Waals surface area contributed by atoms with Gasteiger partial charge < -0.3 is 9.47 Å². The summed E-state index contributed by atoms with van der Waals surface area (Å²) in [6.07, 6.45) is 1.74. The molecule has 0 aromatic heterocycles. The first-order valence-electron chi connectivity index (χ1n) is 9.93. The molecule has 0 unspecified atom stereocenters. The Kier molecular flexibility index (Phi) is 7.44. The van der Waals surface area contributed by atoms with Gasteiger partial charge in [0.05, 0.1) is 34.4 Å². The van der Waals surface area contributed by atoms with Crippen LogP contribution in [-0.4, -0.2) is 17.3 Å². The summed E-state index contributed by atoms with van der Waals surface area (Å²) >= 11 is 18.9. The third-order valence-corrected chi connectivity index (χ3v) is 6.79. The molecule has 3 aromatic rings. The molecule has 1 amide bonds. The smallest absolute Gasteiger partial charge is 0.270 e. The highest BCUT2D eigenvalue weighted by molar-refractivity contribution is 8.27. The second-order valence-electron chi connectivity index (χ2n) is 7.08. The van der Waals surface area contributed by atoms with Crippen LogP contribution in [0.3, 0.4) is 0 Å². The van der Waals surface area contributed by atoms with Gasteiger partial charge in [0.2, 0.25) is 0 Å². The van der Waals surface area contributed by atoms with Crippen molar-refractivity contribution in [3.63, 3.8) is 0 Å². The van der Waals surface area contributed by atoms with Crippen molar-refractivity contribution < 1.29 is 14.3 Å². The van der Waals surface area contributed by atoms with Crippen LogP contribution in [0.15, 0.2) is 65.6 Å². The molecule has 1 heterocycles. The van der Waals surface area contributed by atoms with Crippen molar-refractivity contribution in [2.75, 3.05) is 12.0 Å². The summed E-state index contributed by atoms with van der Waals surface area (Å²) in [5, 5.41) is 10.1. The molecular weight excluding hydrogens is 511 g/mol. The minimum Gasteiger partial charge on any atom is -0.493 e. The maximum atomic E-state index is 13.1. The molecular formula is C25H16Cl2N2O3S2. The first-order chi connectivity index (χ1) is 16.4. The number of hydrogen-bond acceptors (Lipinski definition) is 6. The monoisotopic (exact) mass is 526 g/mol. The third-order valence-electron chi connectivity index (χ3n) is 4.95. The largest absolute Gasteiger partial charge is 0.493 e. The van der Waals surface area contributed by atoms with E-state index in [-0.39, 0.29) is 12.5 Å². The molecule has 0 aliphatic carbocycles. The molecule has 3 aromatic carbocycles. The highest BCUT2D eigenvalue weighted by Crippen LogP contribution is 2.40. The van der Waals surface area contributed by atoms with Gasteiger partial charge in [0.1, 0.15) is 6.61 Å². The number of ether oxygens (including phenoxy) is 2. The van der Waals surface area contributed by atoms with Crippen LogP contribution in [0.4, 0.5) is 5.69 Å². The fourth-order valence-electron chi connectivity index (χ4n) is 3.29. The van der Waals surface area contributed by atoms with Gasteiger partial charge in [-0.3, -0.25) is 9.69 Å². The Morgan fingerprint density at radius 3 is 2.65 bits per heavy atom. The Labute approximate surface area is 216 Å². The van der Waals surface area contributed by atoms with E-state index in [4.69, 9.17) is 44.9 Å². The van der Waals surface area contributed by atoms with E-state index in [0.29, 0.717) is 42.0 Å². The van der Waals surface area contributed by atoms with Gasteiger partial charge in [-0.25, -0.2) is 0 Å². The Bertz CT molecular complexity index is 1370. The minimum absolute atomic E-state index is 0.222. The molecule has 1 saturated heterocycles. The highest BCUT2D eigenvalue weighted by atomic mass is 35.5. The van der Waals surface area contributed by atoms with Crippen LogP contribution in [0.5, 0.6) is 11.5 Å². The van der Waals surface area contributed by atoms with Crippen LogP contribution in [0.1, 0.15) is 16.7 Å². The van der Waals surface area contributed by atoms with Crippen molar-refractivity contribution in [3.8, 4) is 17.6 Å². The minimum atomic E-state index is -0.272. The van der Waals surface area contributed by atoms with E-state index in [0.717, 1.165) is 11.1 Å². The van der Waals surface area contributed by atoms with Gasteiger partial charge in [-0.1, -0.05) is 71.4 Å². The molecule has 0 atom stereocenters. The van der Waals surface area contributed by atoms with Crippen LogP contribution >= 0.6 is 47.2 Å². The van der Waals surface area contributed by atoms with E-state index < -0.39 is 0 Å². The van der Waals surface area contributed by atoms with Crippen LogP contribution in [-0.2, 0) is 11.4 Å². The van der Waals surface area contributed by atoms with Gasteiger partial charge >= 0.3 is 0 Å².